The standard InChI is InChI=1S/C18H27BrN2O3S/c1-2-3-13-20-18(22)14-21(16-7-5-4-6-8-16)25(23,24)17-11-9-15(19)10-12-17/h9-12,16H,2-8,13-14H2,1H3,(H,20,22). The molecule has 0 unspecified atom stereocenters. The highest BCUT2D eigenvalue weighted by Gasteiger charge is 2.33. The van der Waals surface area contributed by atoms with Crippen LogP contribution in [0.2, 0.25) is 0 Å². The number of unbranched alkanes of at least 4 members (excludes halogenated alkanes) is 1. The number of hydrogen-bond acceptors (Lipinski definition) is 3. The van der Waals surface area contributed by atoms with Crippen molar-refractivity contribution in [3.63, 3.8) is 0 Å². The third kappa shape index (κ3) is 5.79. The van der Waals surface area contributed by atoms with Gasteiger partial charge in [-0.3, -0.25) is 4.79 Å². The molecule has 1 aliphatic carbocycles. The zero-order valence-corrected chi connectivity index (χ0v) is 17.1. The smallest absolute Gasteiger partial charge is 0.243 e. The molecule has 0 spiro atoms. The number of amides is 1. The number of carbonyl (C=O) groups is 1. The number of benzene rings is 1. The first-order valence-electron chi connectivity index (χ1n) is 8.99. The number of nitrogens with one attached hydrogen (secondary N) is 1. The van der Waals surface area contributed by atoms with Crippen molar-refractivity contribution in [2.75, 3.05) is 13.1 Å². The lowest BCUT2D eigenvalue weighted by Crippen LogP contribution is -2.47. The predicted molar refractivity (Wildman–Crippen MR) is 103 cm³/mol. The van der Waals surface area contributed by atoms with Crippen molar-refractivity contribution in [1.82, 2.24) is 9.62 Å². The van der Waals surface area contributed by atoms with Crippen LogP contribution in [-0.2, 0) is 14.8 Å². The Labute approximate surface area is 159 Å². The summed E-state index contributed by atoms with van der Waals surface area (Å²) in [4.78, 5) is 12.5. The fourth-order valence-corrected chi connectivity index (χ4v) is 5.03. The van der Waals surface area contributed by atoms with Gasteiger partial charge in [0, 0.05) is 17.1 Å². The number of rotatable bonds is 8. The topological polar surface area (TPSA) is 66.5 Å². The minimum Gasteiger partial charge on any atom is -0.355 e. The van der Waals surface area contributed by atoms with Crippen LogP contribution in [0.5, 0.6) is 0 Å². The Hall–Kier alpha value is -0.920. The van der Waals surface area contributed by atoms with Gasteiger partial charge in [0.25, 0.3) is 0 Å². The van der Waals surface area contributed by atoms with Crippen molar-refractivity contribution >= 4 is 31.9 Å². The first kappa shape index (κ1) is 20.4. The summed E-state index contributed by atoms with van der Waals surface area (Å²) in [5.41, 5.74) is 0. The molecule has 0 bridgehead atoms. The molecule has 1 saturated carbocycles. The molecule has 0 saturated heterocycles. The quantitative estimate of drug-likeness (QED) is 0.639. The lowest BCUT2D eigenvalue weighted by atomic mass is 9.95. The van der Waals surface area contributed by atoms with Crippen LogP contribution in [0.25, 0.3) is 0 Å². The van der Waals surface area contributed by atoms with Gasteiger partial charge in [-0.25, -0.2) is 8.42 Å². The SMILES string of the molecule is CCCCNC(=O)CN(C1CCCCC1)S(=O)(=O)c1ccc(Br)cc1. The molecule has 0 atom stereocenters. The van der Waals surface area contributed by atoms with Crippen LogP contribution in [0.3, 0.4) is 0 Å². The van der Waals surface area contributed by atoms with Crippen molar-refractivity contribution in [3.8, 4) is 0 Å². The maximum Gasteiger partial charge on any atom is 0.243 e. The minimum absolute atomic E-state index is 0.0979. The fourth-order valence-electron chi connectivity index (χ4n) is 3.12. The van der Waals surface area contributed by atoms with Gasteiger partial charge in [-0.1, -0.05) is 48.5 Å². The molecular weight excluding hydrogens is 404 g/mol. The van der Waals surface area contributed by atoms with Gasteiger partial charge < -0.3 is 5.32 Å². The molecule has 0 heterocycles. The van der Waals surface area contributed by atoms with Gasteiger partial charge in [-0.2, -0.15) is 4.31 Å². The van der Waals surface area contributed by atoms with Crippen molar-refractivity contribution in [3.05, 3.63) is 28.7 Å². The number of halogens is 1. The van der Waals surface area contributed by atoms with E-state index in [0.29, 0.717) is 6.54 Å². The fraction of sp³-hybridized carbons (Fsp3) is 0.611. The molecule has 0 aromatic heterocycles. The average Bonchev–Trinajstić information content (AvgIpc) is 2.61. The second-order valence-corrected chi connectivity index (χ2v) is 9.31. The number of nitrogens with zero attached hydrogens (tertiary/aromatic N) is 1. The third-order valence-electron chi connectivity index (χ3n) is 4.55. The number of sulfonamides is 1. The molecule has 25 heavy (non-hydrogen) atoms. The molecule has 7 heteroatoms. The van der Waals surface area contributed by atoms with Crippen LogP contribution in [0, 0.1) is 0 Å². The first-order valence-corrected chi connectivity index (χ1v) is 11.2. The molecule has 1 amide bonds. The Morgan fingerprint density at radius 3 is 2.44 bits per heavy atom. The zero-order chi connectivity index (χ0) is 18.3. The summed E-state index contributed by atoms with van der Waals surface area (Å²) in [6.45, 7) is 2.54. The second kappa shape index (κ2) is 9.69. The van der Waals surface area contributed by atoms with E-state index in [1.54, 1.807) is 24.3 Å². The van der Waals surface area contributed by atoms with Gasteiger partial charge in [0.1, 0.15) is 0 Å². The Balaban J connectivity index is 2.20. The summed E-state index contributed by atoms with van der Waals surface area (Å²) in [6, 6.07) is 6.51. The first-order chi connectivity index (χ1) is 11.9. The van der Waals surface area contributed by atoms with Crippen LogP contribution in [0.15, 0.2) is 33.6 Å². The van der Waals surface area contributed by atoms with E-state index >= 15 is 0 Å². The van der Waals surface area contributed by atoms with Gasteiger partial charge in [-0.05, 0) is 43.5 Å². The molecule has 0 aliphatic heterocycles. The summed E-state index contributed by atoms with van der Waals surface area (Å²) in [5, 5.41) is 2.83. The molecule has 0 radical (unpaired) electrons. The van der Waals surface area contributed by atoms with E-state index in [2.05, 4.69) is 28.2 Å². The van der Waals surface area contributed by atoms with E-state index in [1.807, 2.05) is 0 Å². The molecule has 1 aromatic carbocycles. The van der Waals surface area contributed by atoms with Crippen LogP contribution < -0.4 is 5.32 Å². The lowest BCUT2D eigenvalue weighted by Gasteiger charge is -2.33. The summed E-state index contributed by atoms with van der Waals surface area (Å²) >= 11 is 3.33. The summed E-state index contributed by atoms with van der Waals surface area (Å²) in [6.07, 6.45) is 6.67. The molecule has 2 rings (SSSR count). The van der Waals surface area contributed by atoms with E-state index in [-0.39, 0.29) is 23.4 Å². The van der Waals surface area contributed by atoms with Gasteiger partial charge >= 0.3 is 0 Å². The summed E-state index contributed by atoms with van der Waals surface area (Å²) in [7, 11) is -3.69. The van der Waals surface area contributed by atoms with Gasteiger partial charge in [0.15, 0.2) is 0 Å². The van der Waals surface area contributed by atoms with Crippen molar-refractivity contribution in [1.29, 1.82) is 0 Å². The molecule has 1 N–H and O–H groups in total. The zero-order valence-electron chi connectivity index (χ0n) is 14.7. The Kier molecular flexibility index (Phi) is 7.90. The van der Waals surface area contributed by atoms with Crippen LogP contribution in [0.4, 0.5) is 0 Å². The largest absolute Gasteiger partial charge is 0.355 e. The van der Waals surface area contributed by atoms with Crippen LogP contribution in [0.1, 0.15) is 51.9 Å². The molecule has 1 fully saturated rings. The normalized spacial score (nSPS) is 16.1. The van der Waals surface area contributed by atoms with Crippen molar-refractivity contribution in [2.45, 2.75) is 62.8 Å². The Bertz CT molecular complexity index is 655. The van der Waals surface area contributed by atoms with E-state index in [1.165, 1.54) is 4.31 Å². The molecule has 1 aromatic rings. The highest BCUT2D eigenvalue weighted by molar-refractivity contribution is 9.10. The van der Waals surface area contributed by atoms with E-state index < -0.39 is 10.0 Å². The molecule has 1 aliphatic rings. The molecule has 5 nitrogen and oxygen atoms in total. The van der Waals surface area contributed by atoms with Gasteiger partial charge in [0.05, 0.1) is 11.4 Å². The maximum absolute atomic E-state index is 13.1. The molecular formula is C18H27BrN2O3S. The summed E-state index contributed by atoms with van der Waals surface area (Å²) in [5.74, 6) is -0.222. The summed E-state index contributed by atoms with van der Waals surface area (Å²) < 4.78 is 28.5. The lowest BCUT2D eigenvalue weighted by molar-refractivity contribution is -0.121. The van der Waals surface area contributed by atoms with Crippen molar-refractivity contribution in [2.24, 2.45) is 0 Å². The van der Waals surface area contributed by atoms with Crippen LogP contribution >= 0.6 is 15.9 Å². The predicted octanol–water partition coefficient (Wildman–Crippen LogP) is 3.69. The second-order valence-electron chi connectivity index (χ2n) is 6.50. The van der Waals surface area contributed by atoms with E-state index in [0.717, 1.165) is 49.4 Å². The van der Waals surface area contributed by atoms with E-state index in [9.17, 15) is 13.2 Å². The van der Waals surface area contributed by atoms with E-state index in [4.69, 9.17) is 0 Å². The highest BCUT2D eigenvalue weighted by atomic mass is 79.9. The Morgan fingerprint density at radius 1 is 1.20 bits per heavy atom. The third-order valence-corrected chi connectivity index (χ3v) is 7.00. The Morgan fingerprint density at radius 2 is 1.84 bits per heavy atom. The van der Waals surface area contributed by atoms with Gasteiger partial charge in [-0.15, -0.1) is 0 Å². The molecule has 140 valence electrons. The highest BCUT2D eigenvalue weighted by Crippen LogP contribution is 2.28. The average molecular weight is 431 g/mol. The number of carbonyl (C=O) groups excluding carboxylic acids is 1. The minimum atomic E-state index is -3.69. The van der Waals surface area contributed by atoms with Crippen LogP contribution in [-0.4, -0.2) is 37.8 Å². The van der Waals surface area contributed by atoms with Crippen molar-refractivity contribution < 1.29 is 13.2 Å². The monoisotopic (exact) mass is 430 g/mol. The van der Waals surface area contributed by atoms with Gasteiger partial charge in [0.2, 0.25) is 15.9 Å². The number of hydrogen-bond donors (Lipinski definition) is 1. The maximum atomic E-state index is 13.1.